The zero-order chi connectivity index (χ0) is 24.5. The molecule has 4 rings (SSSR count). The van der Waals surface area contributed by atoms with Gasteiger partial charge in [0.05, 0.1) is 32.8 Å². The highest BCUT2D eigenvalue weighted by Crippen LogP contribution is 2.59. The van der Waals surface area contributed by atoms with Crippen LogP contribution in [-0.4, -0.2) is 63.4 Å². The summed E-state index contributed by atoms with van der Waals surface area (Å²) >= 11 is 0. The average Bonchev–Trinajstić information content (AvgIpc) is 3.74. The van der Waals surface area contributed by atoms with Gasteiger partial charge in [-0.25, -0.2) is 4.79 Å². The largest absolute Gasteiger partial charge is 0.493 e. The van der Waals surface area contributed by atoms with Crippen LogP contribution in [0.25, 0.3) is 6.08 Å². The summed E-state index contributed by atoms with van der Waals surface area (Å²) in [4.78, 5) is 12.7. The fourth-order valence-corrected chi connectivity index (χ4v) is 5.38. The number of epoxide rings is 2. The number of hydrogen-bond acceptors (Lipinski definition) is 7. The third-order valence-electron chi connectivity index (χ3n) is 7.32. The van der Waals surface area contributed by atoms with Gasteiger partial charge < -0.3 is 28.4 Å². The number of rotatable bonds is 9. The van der Waals surface area contributed by atoms with Gasteiger partial charge in [-0.3, -0.25) is 0 Å². The Balaban J connectivity index is 1.45. The molecule has 1 spiro atoms. The van der Waals surface area contributed by atoms with Crippen molar-refractivity contribution in [2.45, 2.75) is 69.5 Å². The van der Waals surface area contributed by atoms with Crippen molar-refractivity contribution in [2.24, 2.45) is 5.92 Å². The Morgan fingerprint density at radius 3 is 2.53 bits per heavy atom. The first-order valence-corrected chi connectivity index (χ1v) is 11.8. The lowest BCUT2D eigenvalue weighted by atomic mass is 9.68. The van der Waals surface area contributed by atoms with Crippen molar-refractivity contribution in [1.29, 1.82) is 0 Å². The second-order valence-electron chi connectivity index (χ2n) is 9.80. The van der Waals surface area contributed by atoms with E-state index in [1.54, 1.807) is 33.5 Å². The molecule has 1 aromatic carbocycles. The molecule has 34 heavy (non-hydrogen) atoms. The standard InChI is InChI=1S/C27H36O7/c1-17(2)7-11-22-26(3,34-22)25-24(31-6)20(13-14-27(25)16-32-27)33-23(28)12-9-18-8-10-19(29-4)21(15-18)30-5/h7-10,12,15,20,22,24-25H,11,13-14,16H2,1-6H3/b12-9+/t20-,22?,24-,25?,26-,27+/m1/s1. The van der Waals surface area contributed by atoms with E-state index in [1.807, 2.05) is 12.1 Å². The fraction of sp³-hybridized carbons (Fsp3) is 0.593. The van der Waals surface area contributed by atoms with E-state index in [2.05, 4.69) is 26.8 Å². The maximum Gasteiger partial charge on any atom is 0.331 e. The number of ether oxygens (including phenoxy) is 6. The van der Waals surface area contributed by atoms with E-state index >= 15 is 0 Å². The van der Waals surface area contributed by atoms with E-state index in [9.17, 15) is 4.79 Å². The number of carbonyl (C=O) groups excluding carboxylic acids is 1. The molecule has 6 atom stereocenters. The minimum Gasteiger partial charge on any atom is -0.493 e. The Kier molecular flexibility index (Phi) is 7.08. The van der Waals surface area contributed by atoms with Crippen molar-refractivity contribution in [1.82, 2.24) is 0 Å². The first-order chi connectivity index (χ1) is 16.3. The van der Waals surface area contributed by atoms with Crippen molar-refractivity contribution in [3.05, 3.63) is 41.5 Å². The smallest absolute Gasteiger partial charge is 0.331 e. The summed E-state index contributed by atoms with van der Waals surface area (Å²) in [6.07, 6.45) is 7.19. The highest BCUT2D eigenvalue weighted by Gasteiger charge is 2.72. The van der Waals surface area contributed by atoms with Gasteiger partial charge in [-0.15, -0.1) is 0 Å². The minimum atomic E-state index is -0.406. The normalized spacial score (nSPS) is 34.1. The summed E-state index contributed by atoms with van der Waals surface area (Å²) in [6.45, 7) is 7.02. The molecule has 0 amide bonds. The molecule has 0 aromatic heterocycles. The molecule has 2 unspecified atom stereocenters. The monoisotopic (exact) mass is 472 g/mol. The summed E-state index contributed by atoms with van der Waals surface area (Å²) in [7, 11) is 4.84. The number of allylic oxidation sites excluding steroid dienone is 1. The Hall–Kier alpha value is -2.35. The summed E-state index contributed by atoms with van der Waals surface area (Å²) in [5.74, 6) is 0.828. The summed E-state index contributed by atoms with van der Waals surface area (Å²) < 4.78 is 34.6. The molecule has 1 aromatic rings. The van der Waals surface area contributed by atoms with Crippen molar-refractivity contribution in [3.63, 3.8) is 0 Å². The Labute approximate surface area is 202 Å². The lowest BCUT2D eigenvalue weighted by molar-refractivity contribution is -0.166. The second-order valence-corrected chi connectivity index (χ2v) is 9.80. The SMILES string of the molecule is COc1ccc(/C=C/C(=O)O[C@@H]2CC[C@]3(CO3)C([C@]3(C)OC3CC=C(C)C)[C@@H]2OC)cc1OC. The van der Waals surface area contributed by atoms with Crippen LogP contribution >= 0.6 is 0 Å². The number of hydrogen-bond donors (Lipinski definition) is 0. The molecule has 0 bridgehead atoms. The molecule has 7 nitrogen and oxygen atoms in total. The van der Waals surface area contributed by atoms with Gasteiger partial charge in [0.2, 0.25) is 0 Å². The molecule has 186 valence electrons. The molecule has 3 aliphatic rings. The van der Waals surface area contributed by atoms with E-state index in [-0.39, 0.29) is 35.4 Å². The van der Waals surface area contributed by atoms with Crippen LogP contribution < -0.4 is 9.47 Å². The predicted molar refractivity (Wildman–Crippen MR) is 128 cm³/mol. The van der Waals surface area contributed by atoms with E-state index in [0.29, 0.717) is 24.5 Å². The lowest BCUT2D eigenvalue weighted by Gasteiger charge is -2.42. The van der Waals surface area contributed by atoms with Crippen molar-refractivity contribution < 1.29 is 33.2 Å². The number of carbonyl (C=O) groups is 1. The highest BCUT2D eigenvalue weighted by atomic mass is 16.6. The molecular formula is C27H36O7. The molecule has 3 fully saturated rings. The summed E-state index contributed by atoms with van der Waals surface area (Å²) in [5, 5.41) is 0. The van der Waals surface area contributed by atoms with Gasteiger partial charge in [0.15, 0.2) is 11.5 Å². The van der Waals surface area contributed by atoms with Crippen LogP contribution in [-0.2, 0) is 23.7 Å². The zero-order valence-electron chi connectivity index (χ0n) is 21.0. The molecule has 2 heterocycles. The first kappa shape index (κ1) is 24.8. The van der Waals surface area contributed by atoms with E-state index in [0.717, 1.165) is 18.4 Å². The van der Waals surface area contributed by atoms with Crippen LogP contribution in [0.2, 0.25) is 0 Å². The van der Waals surface area contributed by atoms with Crippen LogP contribution in [0.3, 0.4) is 0 Å². The van der Waals surface area contributed by atoms with Crippen molar-refractivity contribution in [2.75, 3.05) is 27.9 Å². The maximum atomic E-state index is 12.7. The minimum absolute atomic E-state index is 0.00180. The number of benzene rings is 1. The highest BCUT2D eigenvalue weighted by molar-refractivity contribution is 5.87. The van der Waals surface area contributed by atoms with Gasteiger partial charge in [-0.1, -0.05) is 17.7 Å². The maximum absolute atomic E-state index is 12.7. The molecule has 2 aliphatic heterocycles. The van der Waals surface area contributed by atoms with Crippen LogP contribution in [0.1, 0.15) is 45.6 Å². The van der Waals surface area contributed by atoms with Gasteiger partial charge in [0, 0.05) is 13.2 Å². The van der Waals surface area contributed by atoms with Crippen molar-refractivity contribution in [3.8, 4) is 11.5 Å². The molecule has 1 aliphatic carbocycles. The Bertz CT molecular complexity index is 960. The molecular weight excluding hydrogens is 436 g/mol. The van der Waals surface area contributed by atoms with Gasteiger partial charge >= 0.3 is 5.97 Å². The molecule has 7 heteroatoms. The third-order valence-corrected chi connectivity index (χ3v) is 7.32. The third kappa shape index (κ3) is 4.88. The molecule has 2 saturated heterocycles. The molecule has 1 saturated carbocycles. The van der Waals surface area contributed by atoms with Crippen LogP contribution in [0.15, 0.2) is 35.9 Å². The Morgan fingerprint density at radius 1 is 1.18 bits per heavy atom. The molecule has 0 N–H and O–H groups in total. The van der Waals surface area contributed by atoms with Gasteiger partial charge in [-0.05, 0) is 63.8 Å². The molecule has 0 radical (unpaired) electrons. The van der Waals surface area contributed by atoms with E-state index < -0.39 is 5.97 Å². The summed E-state index contributed by atoms with van der Waals surface area (Å²) in [5.41, 5.74) is 1.48. The van der Waals surface area contributed by atoms with Crippen molar-refractivity contribution >= 4 is 12.0 Å². The summed E-state index contributed by atoms with van der Waals surface area (Å²) in [6, 6.07) is 5.46. The van der Waals surface area contributed by atoms with Crippen LogP contribution in [0.4, 0.5) is 0 Å². The Morgan fingerprint density at radius 2 is 1.91 bits per heavy atom. The van der Waals surface area contributed by atoms with E-state index in [1.165, 1.54) is 11.6 Å². The topological polar surface area (TPSA) is 79.1 Å². The second kappa shape index (κ2) is 9.72. The predicted octanol–water partition coefficient (Wildman–Crippen LogP) is 4.34. The van der Waals surface area contributed by atoms with Gasteiger partial charge in [-0.2, -0.15) is 0 Å². The lowest BCUT2D eigenvalue weighted by Crippen LogP contribution is -2.55. The average molecular weight is 473 g/mol. The van der Waals surface area contributed by atoms with Crippen LogP contribution in [0.5, 0.6) is 11.5 Å². The number of methoxy groups -OCH3 is 3. The van der Waals surface area contributed by atoms with E-state index in [4.69, 9.17) is 28.4 Å². The fourth-order valence-electron chi connectivity index (χ4n) is 5.38. The van der Waals surface area contributed by atoms with Gasteiger partial charge in [0.1, 0.15) is 23.4 Å². The van der Waals surface area contributed by atoms with Crippen LogP contribution in [0, 0.1) is 5.92 Å². The number of esters is 1. The van der Waals surface area contributed by atoms with Gasteiger partial charge in [0.25, 0.3) is 0 Å². The first-order valence-electron chi connectivity index (χ1n) is 11.8. The quantitative estimate of drug-likeness (QED) is 0.229. The zero-order valence-corrected chi connectivity index (χ0v) is 21.0.